The number of halogens is 2. The Morgan fingerprint density at radius 1 is 1.47 bits per heavy atom. The molecular formula is C14H20BrFN2O. The lowest BCUT2D eigenvalue weighted by Gasteiger charge is -2.36. The summed E-state index contributed by atoms with van der Waals surface area (Å²) in [6.07, 6.45) is 2.36. The van der Waals surface area contributed by atoms with Crippen LogP contribution >= 0.6 is 15.9 Å². The Morgan fingerprint density at radius 3 is 2.68 bits per heavy atom. The van der Waals surface area contributed by atoms with E-state index in [4.69, 9.17) is 10.5 Å². The van der Waals surface area contributed by atoms with E-state index < -0.39 is 0 Å². The molecule has 19 heavy (non-hydrogen) atoms. The molecular weight excluding hydrogens is 311 g/mol. The molecule has 2 rings (SSSR count). The number of benzene rings is 1. The van der Waals surface area contributed by atoms with Crippen molar-refractivity contribution in [2.24, 2.45) is 5.73 Å². The van der Waals surface area contributed by atoms with Crippen molar-refractivity contribution in [1.29, 1.82) is 0 Å². The Kier molecular flexibility index (Phi) is 5.33. The summed E-state index contributed by atoms with van der Waals surface area (Å²) < 4.78 is 19.5. The van der Waals surface area contributed by atoms with Gasteiger partial charge in [-0.15, -0.1) is 0 Å². The highest BCUT2D eigenvalue weighted by Crippen LogP contribution is 2.27. The van der Waals surface area contributed by atoms with E-state index in [0.717, 1.165) is 31.5 Å². The van der Waals surface area contributed by atoms with Gasteiger partial charge in [0.25, 0.3) is 0 Å². The summed E-state index contributed by atoms with van der Waals surface area (Å²) in [5.74, 6) is -0.234. The maximum absolute atomic E-state index is 13.6. The lowest BCUT2D eigenvalue weighted by Crippen LogP contribution is -2.41. The van der Waals surface area contributed by atoms with Crippen molar-refractivity contribution in [3.8, 4) is 0 Å². The second-order valence-corrected chi connectivity index (χ2v) is 5.75. The fourth-order valence-electron chi connectivity index (χ4n) is 2.64. The van der Waals surface area contributed by atoms with E-state index in [1.54, 1.807) is 19.2 Å². The number of nitrogens with two attached hydrogens (primary N) is 1. The van der Waals surface area contributed by atoms with Gasteiger partial charge in [-0.1, -0.05) is 6.07 Å². The minimum Gasteiger partial charge on any atom is -0.381 e. The highest BCUT2D eigenvalue weighted by molar-refractivity contribution is 9.10. The van der Waals surface area contributed by atoms with Crippen molar-refractivity contribution in [3.05, 3.63) is 34.1 Å². The Morgan fingerprint density at radius 2 is 2.16 bits per heavy atom. The smallest absolute Gasteiger partial charge is 0.137 e. The highest BCUT2D eigenvalue weighted by atomic mass is 79.9. The summed E-state index contributed by atoms with van der Waals surface area (Å²) in [6.45, 7) is 2.38. The maximum Gasteiger partial charge on any atom is 0.137 e. The zero-order chi connectivity index (χ0) is 13.8. The number of rotatable bonds is 4. The first-order valence-electron chi connectivity index (χ1n) is 6.57. The van der Waals surface area contributed by atoms with Gasteiger partial charge in [0, 0.05) is 32.8 Å². The molecule has 1 aromatic carbocycles. The number of methoxy groups -OCH3 is 1. The Labute approximate surface area is 122 Å². The average molecular weight is 331 g/mol. The highest BCUT2D eigenvalue weighted by Gasteiger charge is 2.25. The molecule has 0 saturated carbocycles. The first-order valence-corrected chi connectivity index (χ1v) is 7.37. The molecule has 1 aliphatic rings. The van der Waals surface area contributed by atoms with Crippen LogP contribution in [-0.2, 0) is 4.74 Å². The molecule has 0 aromatic heterocycles. The zero-order valence-corrected chi connectivity index (χ0v) is 12.7. The SMILES string of the molecule is COC1CCN(C(CN)c2ccc(Br)c(F)c2)CC1. The van der Waals surface area contributed by atoms with E-state index in [1.807, 2.05) is 6.07 Å². The van der Waals surface area contributed by atoms with E-state index in [2.05, 4.69) is 20.8 Å². The molecule has 1 aliphatic heterocycles. The number of ether oxygens (including phenoxy) is 1. The van der Waals surface area contributed by atoms with Crippen LogP contribution < -0.4 is 5.73 Å². The zero-order valence-electron chi connectivity index (χ0n) is 11.1. The van der Waals surface area contributed by atoms with Gasteiger partial charge in [0.2, 0.25) is 0 Å². The Hall–Kier alpha value is -0.490. The number of likely N-dealkylation sites (tertiary alicyclic amines) is 1. The van der Waals surface area contributed by atoms with Crippen LogP contribution in [0.25, 0.3) is 0 Å². The predicted octanol–water partition coefficient (Wildman–Crippen LogP) is 2.70. The van der Waals surface area contributed by atoms with Gasteiger partial charge in [0.15, 0.2) is 0 Å². The average Bonchev–Trinajstić information content (AvgIpc) is 2.44. The van der Waals surface area contributed by atoms with E-state index in [1.165, 1.54) is 0 Å². The molecule has 5 heteroatoms. The first-order chi connectivity index (χ1) is 9.15. The number of piperidine rings is 1. The van der Waals surface area contributed by atoms with Crippen LogP contribution in [0.3, 0.4) is 0 Å². The van der Waals surface area contributed by atoms with Crippen molar-refractivity contribution in [1.82, 2.24) is 4.90 Å². The van der Waals surface area contributed by atoms with Gasteiger partial charge in [-0.2, -0.15) is 0 Å². The molecule has 0 amide bonds. The molecule has 1 unspecified atom stereocenters. The molecule has 0 bridgehead atoms. The molecule has 0 aliphatic carbocycles. The number of hydrogen-bond donors (Lipinski definition) is 1. The summed E-state index contributed by atoms with van der Waals surface area (Å²) in [5.41, 5.74) is 6.83. The third-order valence-electron chi connectivity index (χ3n) is 3.80. The van der Waals surface area contributed by atoms with Gasteiger partial charge in [-0.25, -0.2) is 4.39 Å². The van der Waals surface area contributed by atoms with Crippen LogP contribution in [0.15, 0.2) is 22.7 Å². The fourth-order valence-corrected chi connectivity index (χ4v) is 2.89. The summed E-state index contributed by atoms with van der Waals surface area (Å²) in [4.78, 5) is 2.32. The lowest BCUT2D eigenvalue weighted by atomic mass is 10.0. The third kappa shape index (κ3) is 3.54. The van der Waals surface area contributed by atoms with Gasteiger partial charge in [-0.05, 0) is 46.5 Å². The maximum atomic E-state index is 13.6. The summed E-state index contributed by atoms with van der Waals surface area (Å²) in [6, 6.07) is 5.34. The third-order valence-corrected chi connectivity index (χ3v) is 4.45. The molecule has 1 saturated heterocycles. The second-order valence-electron chi connectivity index (χ2n) is 4.90. The second kappa shape index (κ2) is 6.79. The van der Waals surface area contributed by atoms with Crippen molar-refractivity contribution in [3.63, 3.8) is 0 Å². The van der Waals surface area contributed by atoms with Gasteiger partial charge >= 0.3 is 0 Å². The number of hydrogen-bond acceptors (Lipinski definition) is 3. The molecule has 1 fully saturated rings. The molecule has 2 N–H and O–H groups in total. The topological polar surface area (TPSA) is 38.5 Å². The van der Waals surface area contributed by atoms with Gasteiger partial charge < -0.3 is 10.5 Å². The molecule has 1 atom stereocenters. The fraction of sp³-hybridized carbons (Fsp3) is 0.571. The lowest BCUT2D eigenvalue weighted by molar-refractivity contribution is 0.0280. The van der Waals surface area contributed by atoms with Crippen LogP contribution in [0.1, 0.15) is 24.4 Å². The van der Waals surface area contributed by atoms with Crippen molar-refractivity contribution < 1.29 is 9.13 Å². The van der Waals surface area contributed by atoms with Gasteiger partial charge in [0.1, 0.15) is 5.82 Å². The van der Waals surface area contributed by atoms with Crippen molar-refractivity contribution >= 4 is 15.9 Å². The molecule has 1 aromatic rings. The van der Waals surface area contributed by atoms with E-state index in [0.29, 0.717) is 17.1 Å². The predicted molar refractivity (Wildman–Crippen MR) is 77.5 cm³/mol. The minimum absolute atomic E-state index is 0.0837. The summed E-state index contributed by atoms with van der Waals surface area (Å²) in [5, 5.41) is 0. The van der Waals surface area contributed by atoms with Crippen LogP contribution in [0.5, 0.6) is 0 Å². The van der Waals surface area contributed by atoms with Gasteiger partial charge in [-0.3, -0.25) is 4.90 Å². The quantitative estimate of drug-likeness (QED) is 0.922. The molecule has 1 heterocycles. The monoisotopic (exact) mass is 330 g/mol. The van der Waals surface area contributed by atoms with Crippen molar-refractivity contribution in [2.45, 2.75) is 25.0 Å². The Balaban J connectivity index is 2.09. The van der Waals surface area contributed by atoms with E-state index in [-0.39, 0.29) is 11.9 Å². The van der Waals surface area contributed by atoms with Crippen molar-refractivity contribution in [2.75, 3.05) is 26.7 Å². The van der Waals surface area contributed by atoms with Gasteiger partial charge in [0.05, 0.1) is 10.6 Å². The van der Waals surface area contributed by atoms with Crippen LogP contribution in [-0.4, -0.2) is 37.7 Å². The standard InChI is InChI=1S/C14H20BrFN2O/c1-19-11-4-6-18(7-5-11)14(9-17)10-2-3-12(15)13(16)8-10/h2-3,8,11,14H,4-7,9,17H2,1H3. The normalized spacial score (nSPS) is 19.6. The molecule has 3 nitrogen and oxygen atoms in total. The van der Waals surface area contributed by atoms with Crippen LogP contribution in [0, 0.1) is 5.82 Å². The van der Waals surface area contributed by atoms with Crippen LogP contribution in [0.2, 0.25) is 0 Å². The first kappa shape index (κ1) is 14.9. The largest absolute Gasteiger partial charge is 0.381 e. The van der Waals surface area contributed by atoms with Crippen LogP contribution in [0.4, 0.5) is 4.39 Å². The van der Waals surface area contributed by atoms with E-state index in [9.17, 15) is 4.39 Å². The molecule has 0 spiro atoms. The molecule has 106 valence electrons. The summed E-state index contributed by atoms with van der Waals surface area (Å²) in [7, 11) is 1.75. The minimum atomic E-state index is -0.234. The van der Waals surface area contributed by atoms with E-state index >= 15 is 0 Å². The Bertz CT molecular complexity index is 422. The molecule has 0 radical (unpaired) electrons. The number of nitrogens with zero attached hydrogens (tertiary/aromatic N) is 1. The summed E-state index contributed by atoms with van der Waals surface area (Å²) >= 11 is 3.18.